The van der Waals surface area contributed by atoms with Crippen molar-refractivity contribution in [2.75, 3.05) is 5.32 Å². The van der Waals surface area contributed by atoms with E-state index < -0.39 is 5.97 Å². The lowest BCUT2D eigenvalue weighted by atomic mass is 9.89. The number of benzene rings is 1. The first kappa shape index (κ1) is 15.2. The second kappa shape index (κ2) is 6.08. The number of carboxylic acids is 1. The van der Waals surface area contributed by atoms with E-state index in [9.17, 15) is 9.90 Å². The first-order valence-corrected chi connectivity index (χ1v) is 7.33. The van der Waals surface area contributed by atoms with Gasteiger partial charge in [-0.3, -0.25) is 0 Å². The maximum atomic E-state index is 11.2. The van der Waals surface area contributed by atoms with Gasteiger partial charge < -0.3 is 10.4 Å². The van der Waals surface area contributed by atoms with Gasteiger partial charge >= 0.3 is 5.97 Å². The third-order valence-electron chi connectivity index (χ3n) is 4.21. The first-order chi connectivity index (χ1) is 10.0. The average molecular weight is 287 g/mol. The smallest absolute Gasteiger partial charge is 0.374 e. The molecule has 0 bridgehead atoms. The van der Waals surface area contributed by atoms with Crippen molar-refractivity contribution in [3.05, 3.63) is 30.1 Å². The van der Waals surface area contributed by atoms with Crippen molar-refractivity contribution in [3.63, 3.8) is 0 Å². The van der Waals surface area contributed by atoms with Gasteiger partial charge in [-0.15, -0.1) is 0 Å². The van der Waals surface area contributed by atoms with Crippen molar-refractivity contribution in [1.82, 2.24) is 9.97 Å². The molecule has 0 amide bonds. The molecule has 0 aliphatic carbocycles. The summed E-state index contributed by atoms with van der Waals surface area (Å²) in [6.07, 6.45) is 2.84. The maximum Gasteiger partial charge on any atom is 0.374 e. The first-order valence-electron chi connectivity index (χ1n) is 7.33. The molecule has 0 fully saturated rings. The van der Waals surface area contributed by atoms with Crippen molar-refractivity contribution in [2.24, 2.45) is 0 Å². The lowest BCUT2D eigenvalue weighted by Gasteiger charge is -2.32. The summed E-state index contributed by atoms with van der Waals surface area (Å²) in [5.41, 5.74) is 0.567. The number of carbonyl (C=O) groups is 1. The highest BCUT2D eigenvalue weighted by molar-refractivity contribution is 5.93. The summed E-state index contributed by atoms with van der Waals surface area (Å²) in [6.45, 7) is 6.38. The normalized spacial score (nSPS) is 11.6. The van der Waals surface area contributed by atoms with Crippen LogP contribution in [0.1, 0.15) is 50.7 Å². The zero-order chi connectivity index (χ0) is 15.5. The van der Waals surface area contributed by atoms with Gasteiger partial charge in [-0.25, -0.2) is 14.8 Å². The average Bonchev–Trinajstić information content (AvgIpc) is 2.52. The Hall–Kier alpha value is -2.17. The molecule has 5 heteroatoms. The van der Waals surface area contributed by atoms with E-state index >= 15 is 0 Å². The van der Waals surface area contributed by atoms with Gasteiger partial charge in [0.25, 0.3) is 0 Å². The molecule has 0 aliphatic heterocycles. The number of aromatic carboxylic acids is 1. The Morgan fingerprint density at radius 3 is 2.33 bits per heavy atom. The quantitative estimate of drug-likeness (QED) is 0.847. The number of anilines is 1. The van der Waals surface area contributed by atoms with Crippen molar-refractivity contribution >= 4 is 22.7 Å². The van der Waals surface area contributed by atoms with E-state index in [-0.39, 0.29) is 11.4 Å². The molecule has 0 spiro atoms. The predicted molar refractivity (Wildman–Crippen MR) is 83.7 cm³/mol. The van der Waals surface area contributed by atoms with Crippen LogP contribution >= 0.6 is 0 Å². The molecule has 21 heavy (non-hydrogen) atoms. The van der Waals surface area contributed by atoms with Crippen LogP contribution in [0.3, 0.4) is 0 Å². The summed E-state index contributed by atoms with van der Waals surface area (Å²) in [6, 6.07) is 7.47. The maximum absolute atomic E-state index is 11.2. The van der Waals surface area contributed by atoms with Crippen LogP contribution in [-0.2, 0) is 0 Å². The topological polar surface area (TPSA) is 75.1 Å². The summed E-state index contributed by atoms with van der Waals surface area (Å²) in [5, 5.41) is 13.5. The molecule has 5 nitrogen and oxygen atoms in total. The molecule has 0 aliphatic rings. The van der Waals surface area contributed by atoms with Gasteiger partial charge in [0, 0.05) is 10.9 Å². The van der Waals surface area contributed by atoms with Crippen molar-refractivity contribution < 1.29 is 9.90 Å². The third kappa shape index (κ3) is 2.96. The summed E-state index contributed by atoms with van der Waals surface area (Å²) < 4.78 is 0. The van der Waals surface area contributed by atoms with Crippen LogP contribution in [-0.4, -0.2) is 26.6 Å². The summed E-state index contributed by atoms with van der Waals surface area (Å²) in [5.74, 6) is -0.684. The van der Waals surface area contributed by atoms with E-state index in [0.29, 0.717) is 11.3 Å². The highest BCUT2D eigenvalue weighted by atomic mass is 16.4. The van der Waals surface area contributed by atoms with Gasteiger partial charge in [0.05, 0.1) is 5.52 Å². The highest BCUT2D eigenvalue weighted by Crippen LogP contribution is 2.28. The molecule has 0 saturated heterocycles. The minimum Gasteiger partial charge on any atom is -0.475 e. The fraction of sp³-hybridized carbons (Fsp3) is 0.438. The van der Waals surface area contributed by atoms with Crippen molar-refractivity contribution in [2.45, 2.75) is 45.6 Å². The molecule has 2 N–H and O–H groups in total. The minimum absolute atomic E-state index is 0.0765. The lowest BCUT2D eigenvalue weighted by Crippen LogP contribution is -2.36. The number of aromatic nitrogens is 2. The van der Waals surface area contributed by atoms with E-state index in [2.05, 4.69) is 36.1 Å². The van der Waals surface area contributed by atoms with E-state index in [4.69, 9.17) is 0 Å². The third-order valence-corrected chi connectivity index (χ3v) is 4.21. The highest BCUT2D eigenvalue weighted by Gasteiger charge is 2.25. The van der Waals surface area contributed by atoms with Crippen molar-refractivity contribution in [1.29, 1.82) is 0 Å². The van der Waals surface area contributed by atoms with E-state index in [0.717, 1.165) is 24.6 Å². The zero-order valence-corrected chi connectivity index (χ0v) is 12.7. The van der Waals surface area contributed by atoms with Gasteiger partial charge in [0.2, 0.25) is 5.82 Å². The number of nitrogens with one attached hydrogen (secondary N) is 1. The van der Waals surface area contributed by atoms with Gasteiger partial charge in [-0.1, -0.05) is 32.9 Å². The van der Waals surface area contributed by atoms with Gasteiger partial charge in [0.15, 0.2) is 0 Å². The van der Waals surface area contributed by atoms with Crippen LogP contribution in [0.15, 0.2) is 24.3 Å². The fourth-order valence-corrected chi connectivity index (χ4v) is 2.53. The van der Waals surface area contributed by atoms with Crippen LogP contribution in [0.4, 0.5) is 5.82 Å². The number of nitrogens with zero attached hydrogens (tertiary/aromatic N) is 2. The Labute approximate surface area is 124 Å². The Balaban J connectivity index is 2.58. The zero-order valence-electron chi connectivity index (χ0n) is 12.7. The van der Waals surface area contributed by atoms with Crippen LogP contribution in [0, 0.1) is 0 Å². The van der Waals surface area contributed by atoms with Crippen LogP contribution < -0.4 is 5.32 Å². The molecule has 2 rings (SSSR count). The summed E-state index contributed by atoms with van der Waals surface area (Å²) in [7, 11) is 0. The second-order valence-electron chi connectivity index (χ2n) is 5.18. The van der Waals surface area contributed by atoms with Gasteiger partial charge in [0.1, 0.15) is 5.82 Å². The Morgan fingerprint density at radius 1 is 1.14 bits per heavy atom. The minimum atomic E-state index is -1.11. The number of hydrogen-bond acceptors (Lipinski definition) is 4. The molecule has 0 saturated carbocycles. The second-order valence-corrected chi connectivity index (χ2v) is 5.18. The predicted octanol–water partition coefficient (Wildman–Crippen LogP) is 3.71. The standard InChI is InChI=1S/C16H21N3O2/c1-4-16(5-2,6-3)19-13-11-9-7-8-10-12(11)17-14(18-13)15(20)21/h7-10H,4-6H2,1-3H3,(H,20,21)(H,17,18,19). The molecule has 0 radical (unpaired) electrons. The molecule has 2 aromatic rings. The molecule has 1 aromatic carbocycles. The van der Waals surface area contributed by atoms with Gasteiger partial charge in [-0.05, 0) is 31.4 Å². The number of para-hydroxylation sites is 1. The van der Waals surface area contributed by atoms with E-state index in [1.807, 2.05) is 18.2 Å². The largest absolute Gasteiger partial charge is 0.475 e. The molecule has 112 valence electrons. The number of rotatable bonds is 6. The molecular weight excluding hydrogens is 266 g/mol. The Kier molecular flexibility index (Phi) is 4.40. The number of carboxylic acid groups (broad SMARTS) is 1. The Morgan fingerprint density at radius 2 is 1.76 bits per heavy atom. The monoisotopic (exact) mass is 287 g/mol. The van der Waals surface area contributed by atoms with Gasteiger partial charge in [-0.2, -0.15) is 0 Å². The molecule has 1 aromatic heterocycles. The van der Waals surface area contributed by atoms with E-state index in [1.54, 1.807) is 6.07 Å². The molecule has 1 heterocycles. The fourth-order valence-electron chi connectivity index (χ4n) is 2.53. The van der Waals surface area contributed by atoms with Crippen LogP contribution in [0.2, 0.25) is 0 Å². The van der Waals surface area contributed by atoms with E-state index in [1.165, 1.54) is 0 Å². The lowest BCUT2D eigenvalue weighted by molar-refractivity contribution is 0.0684. The van der Waals surface area contributed by atoms with Crippen molar-refractivity contribution in [3.8, 4) is 0 Å². The summed E-state index contributed by atoms with van der Waals surface area (Å²) >= 11 is 0. The SMILES string of the molecule is CCC(CC)(CC)Nc1nc(C(=O)O)nc2ccccc12. The number of fused-ring (bicyclic) bond motifs is 1. The van der Waals surface area contributed by atoms with Crippen LogP contribution in [0.5, 0.6) is 0 Å². The molecule has 0 atom stereocenters. The van der Waals surface area contributed by atoms with Crippen LogP contribution in [0.25, 0.3) is 10.9 Å². The molecule has 0 unspecified atom stereocenters. The number of hydrogen-bond donors (Lipinski definition) is 2. The Bertz CT molecular complexity index is 643. The summed E-state index contributed by atoms with van der Waals surface area (Å²) in [4.78, 5) is 19.5. The molecular formula is C16H21N3O2.